The first kappa shape index (κ1) is 20.3. The van der Waals surface area contributed by atoms with Gasteiger partial charge in [0.1, 0.15) is 5.82 Å². The minimum Gasteiger partial charge on any atom is -0.411 e. The summed E-state index contributed by atoms with van der Waals surface area (Å²) in [6, 6.07) is 6.00. The van der Waals surface area contributed by atoms with Crippen molar-refractivity contribution in [2.45, 2.75) is 19.3 Å². The molecule has 1 aliphatic rings. The van der Waals surface area contributed by atoms with Gasteiger partial charge < -0.3 is 5.21 Å². The van der Waals surface area contributed by atoms with Gasteiger partial charge in [0.05, 0.1) is 10.7 Å². The number of pyridine rings is 1. The first-order valence-electron chi connectivity index (χ1n) is 8.24. The zero-order valence-electron chi connectivity index (χ0n) is 14.6. The zero-order valence-corrected chi connectivity index (χ0v) is 16.1. The van der Waals surface area contributed by atoms with Gasteiger partial charge in [-0.1, -0.05) is 22.8 Å². The molecule has 0 amide bonds. The molecule has 0 unspecified atom stereocenters. The smallest absolute Gasteiger partial charge is 0.274 e. The molecular formula is C17H17ClFN5O3S. The summed E-state index contributed by atoms with van der Waals surface area (Å²) in [5, 5.41) is 17.8. The Bertz CT molecular complexity index is 1070. The highest BCUT2D eigenvalue weighted by Crippen LogP contribution is 2.29. The molecular weight excluding hydrogens is 409 g/mol. The molecule has 1 aromatic carbocycles. The van der Waals surface area contributed by atoms with Crippen molar-refractivity contribution in [3.8, 4) is 0 Å². The van der Waals surface area contributed by atoms with E-state index in [0.29, 0.717) is 35.5 Å². The van der Waals surface area contributed by atoms with Crippen molar-refractivity contribution < 1.29 is 18.0 Å². The van der Waals surface area contributed by atoms with Crippen LogP contribution >= 0.6 is 11.6 Å². The third kappa shape index (κ3) is 4.90. The van der Waals surface area contributed by atoms with E-state index in [0.717, 1.165) is 11.3 Å². The molecule has 0 fully saturated rings. The van der Waals surface area contributed by atoms with E-state index in [2.05, 4.69) is 19.9 Å². The van der Waals surface area contributed by atoms with E-state index in [1.807, 2.05) is 0 Å². The Hall–Kier alpha value is -2.40. The second kappa shape index (κ2) is 8.31. The van der Waals surface area contributed by atoms with Crippen LogP contribution in [0.2, 0.25) is 5.02 Å². The molecule has 3 rings (SSSR count). The Morgan fingerprint density at radius 1 is 1.39 bits per heavy atom. The lowest BCUT2D eigenvalue weighted by Crippen LogP contribution is -2.32. The number of nitrogens with zero attached hydrogens (tertiary/aromatic N) is 3. The van der Waals surface area contributed by atoms with Crippen LogP contribution in [-0.4, -0.2) is 36.6 Å². The van der Waals surface area contributed by atoms with Gasteiger partial charge in [0.2, 0.25) is 0 Å². The zero-order chi connectivity index (χ0) is 20.3. The van der Waals surface area contributed by atoms with Gasteiger partial charge in [0.25, 0.3) is 10.2 Å². The van der Waals surface area contributed by atoms with Gasteiger partial charge in [-0.2, -0.15) is 8.42 Å². The molecule has 28 heavy (non-hydrogen) atoms. The Morgan fingerprint density at radius 3 is 2.86 bits per heavy atom. The third-order valence-corrected chi connectivity index (χ3v) is 5.08. The van der Waals surface area contributed by atoms with E-state index in [1.54, 1.807) is 18.3 Å². The van der Waals surface area contributed by atoms with Crippen molar-refractivity contribution in [2.75, 3.05) is 6.54 Å². The predicted molar refractivity (Wildman–Crippen MR) is 104 cm³/mol. The second-order valence-electron chi connectivity index (χ2n) is 6.18. The van der Waals surface area contributed by atoms with E-state index in [-0.39, 0.29) is 18.0 Å². The Labute approximate surface area is 166 Å². The molecule has 0 aliphatic carbocycles. The van der Waals surface area contributed by atoms with Crippen molar-refractivity contribution in [3.05, 3.63) is 58.0 Å². The summed E-state index contributed by atoms with van der Waals surface area (Å²) in [5.74, 6) is -0.0368. The van der Waals surface area contributed by atoms with Gasteiger partial charge >= 0.3 is 0 Å². The minimum absolute atomic E-state index is 0.0114. The number of nitrogens with two attached hydrogens (primary N) is 1. The number of benzene rings is 1. The number of halogens is 2. The van der Waals surface area contributed by atoms with Crippen molar-refractivity contribution in [2.24, 2.45) is 15.3 Å². The van der Waals surface area contributed by atoms with Crippen molar-refractivity contribution in [1.29, 1.82) is 0 Å². The van der Waals surface area contributed by atoms with Crippen LogP contribution in [0.5, 0.6) is 0 Å². The highest BCUT2D eigenvalue weighted by atomic mass is 35.5. The van der Waals surface area contributed by atoms with Gasteiger partial charge in [0.15, 0.2) is 5.82 Å². The number of oxime groups is 1. The summed E-state index contributed by atoms with van der Waals surface area (Å²) >= 11 is 5.82. The van der Waals surface area contributed by atoms with Crippen LogP contribution in [0.1, 0.15) is 23.1 Å². The molecule has 0 saturated carbocycles. The highest BCUT2D eigenvalue weighted by molar-refractivity contribution is 7.87. The maximum Gasteiger partial charge on any atom is 0.274 e. The molecule has 2 aromatic rings. The second-order valence-corrected chi connectivity index (χ2v) is 7.96. The highest BCUT2D eigenvalue weighted by Gasteiger charge is 2.22. The SMILES string of the molecule is NS(=O)(=O)NCCC1=Nc2nccc(/C(Cc3ccc(F)c(Cl)c3)=N/O)c2C1. The van der Waals surface area contributed by atoms with E-state index in [4.69, 9.17) is 16.7 Å². The number of fused-ring (bicyclic) bond motifs is 1. The first-order valence-corrected chi connectivity index (χ1v) is 10.2. The van der Waals surface area contributed by atoms with E-state index < -0.39 is 16.0 Å². The number of hydrogen-bond acceptors (Lipinski definition) is 6. The van der Waals surface area contributed by atoms with E-state index in [1.165, 1.54) is 12.1 Å². The summed E-state index contributed by atoms with van der Waals surface area (Å²) < 4.78 is 37.5. The number of hydrogen-bond donors (Lipinski definition) is 3. The Morgan fingerprint density at radius 2 is 2.18 bits per heavy atom. The van der Waals surface area contributed by atoms with Crippen LogP contribution in [0.15, 0.2) is 40.6 Å². The third-order valence-electron chi connectivity index (χ3n) is 4.18. The normalized spacial score (nSPS) is 14.1. The maximum absolute atomic E-state index is 13.4. The largest absolute Gasteiger partial charge is 0.411 e. The molecule has 0 spiro atoms. The number of aliphatic imine (C=N–C) groups is 1. The number of aromatic nitrogens is 1. The van der Waals surface area contributed by atoms with Crippen LogP contribution in [0.25, 0.3) is 0 Å². The van der Waals surface area contributed by atoms with Gasteiger partial charge in [-0.3, -0.25) is 0 Å². The van der Waals surface area contributed by atoms with Gasteiger partial charge in [-0.15, -0.1) is 0 Å². The van der Waals surface area contributed by atoms with Crippen molar-refractivity contribution in [1.82, 2.24) is 9.71 Å². The predicted octanol–water partition coefficient (Wildman–Crippen LogP) is 2.11. The monoisotopic (exact) mass is 425 g/mol. The summed E-state index contributed by atoms with van der Waals surface area (Å²) in [5.41, 5.74) is 3.20. The lowest BCUT2D eigenvalue weighted by Gasteiger charge is -2.10. The van der Waals surface area contributed by atoms with Gasteiger partial charge in [0, 0.05) is 42.4 Å². The van der Waals surface area contributed by atoms with Gasteiger partial charge in [-0.25, -0.2) is 24.2 Å². The summed E-state index contributed by atoms with van der Waals surface area (Å²) in [6.07, 6.45) is 2.58. The topological polar surface area (TPSA) is 130 Å². The van der Waals surface area contributed by atoms with Crippen LogP contribution in [0, 0.1) is 5.82 Å². The Balaban J connectivity index is 1.77. The maximum atomic E-state index is 13.4. The fraction of sp³-hybridized carbons (Fsp3) is 0.235. The van der Waals surface area contributed by atoms with Crippen LogP contribution in [0.3, 0.4) is 0 Å². The first-order chi connectivity index (χ1) is 13.3. The minimum atomic E-state index is -3.76. The van der Waals surface area contributed by atoms with E-state index >= 15 is 0 Å². The molecule has 1 aliphatic heterocycles. The molecule has 0 bridgehead atoms. The molecule has 4 N–H and O–H groups in total. The lowest BCUT2D eigenvalue weighted by molar-refractivity contribution is 0.318. The van der Waals surface area contributed by atoms with Crippen LogP contribution in [-0.2, 0) is 23.1 Å². The summed E-state index contributed by atoms with van der Waals surface area (Å²) in [4.78, 5) is 8.62. The van der Waals surface area contributed by atoms with Crippen LogP contribution in [0.4, 0.5) is 10.2 Å². The lowest BCUT2D eigenvalue weighted by atomic mass is 9.96. The van der Waals surface area contributed by atoms with E-state index in [9.17, 15) is 18.0 Å². The molecule has 11 heteroatoms. The average molecular weight is 426 g/mol. The fourth-order valence-electron chi connectivity index (χ4n) is 2.92. The molecule has 1 aromatic heterocycles. The molecule has 0 saturated heterocycles. The Kier molecular flexibility index (Phi) is 6.04. The molecule has 2 heterocycles. The van der Waals surface area contributed by atoms with Crippen molar-refractivity contribution in [3.63, 3.8) is 0 Å². The standard InChI is InChI=1S/C17H17ClFN5O3S/c18-14-7-10(1-2-15(14)19)8-16(24-25)12-4-5-21-17-13(12)9-11(23-17)3-6-22-28(20,26)27/h1-2,4-5,7,22,25H,3,6,8-9H2,(H2,20,26,27)/b24-16+. The fourth-order valence-corrected chi connectivity index (χ4v) is 3.51. The summed E-state index contributed by atoms with van der Waals surface area (Å²) in [6.45, 7) is 0.121. The molecule has 148 valence electrons. The molecule has 0 radical (unpaired) electrons. The number of nitrogens with one attached hydrogen (secondary N) is 1. The number of rotatable bonds is 7. The molecule has 0 atom stereocenters. The van der Waals surface area contributed by atoms with Gasteiger partial charge in [-0.05, 0) is 30.2 Å². The van der Waals surface area contributed by atoms with Crippen LogP contribution < -0.4 is 9.86 Å². The molecule has 8 nitrogen and oxygen atoms in total. The summed E-state index contributed by atoms with van der Waals surface area (Å²) in [7, 11) is -3.76. The van der Waals surface area contributed by atoms with Crippen molar-refractivity contribution >= 4 is 39.1 Å². The average Bonchev–Trinajstić information content (AvgIpc) is 3.04. The quantitative estimate of drug-likeness (QED) is 0.356.